The van der Waals surface area contributed by atoms with Crippen molar-refractivity contribution >= 4 is 0 Å². The Kier molecular flexibility index (Phi) is 3.76. The quantitative estimate of drug-likeness (QED) is 0.843. The second kappa shape index (κ2) is 5.49. The number of benzene rings is 1. The molecular formula is C15H15N3O. The van der Waals surface area contributed by atoms with Crippen molar-refractivity contribution in [1.82, 2.24) is 9.78 Å². The molecule has 19 heavy (non-hydrogen) atoms. The van der Waals surface area contributed by atoms with E-state index in [1.807, 2.05) is 44.2 Å². The summed E-state index contributed by atoms with van der Waals surface area (Å²) >= 11 is 0. The number of nitriles is 1. The van der Waals surface area contributed by atoms with Crippen molar-refractivity contribution in [2.24, 2.45) is 0 Å². The number of hydrogen-bond acceptors (Lipinski definition) is 3. The van der Waals surface area contributed by atoms with Crippen LogP contribution in [0.4, 0.5) is 0 Å². The summed E-state index contributed by atoms with van der Waals surface area (Å²) in [5.41, 5.74) is 3.17. The molecule has 0 aliphatic heterocycles. The van der Waals surface area contributed by atoms with Crippen molar-refractivity contribution in [3.05, 3.63) is 51.8 Å². The standard InChI is InChI=1S/C15H15N3O/c1-3-18-15(19)13(8-9-16)10-14(17-18)12-6-4-11(2)5-7-12/h4-7,10H,3,8H2,1-2H3. The van der Waals surface area contributed by atoms with E-state index in [4.69, 9.17) is 5.26 Å². The van der Waals surface area contributed by atoms with Crippen LogP contribution in [0.2, 0.25) is 0 Å². The third-order valence-electron chi connectivity index (χ3n) is 2.96. The molecule has 1 aromatic carbocycles. The summed E-state index contributed by atoms with van der Waals surface area (Å²) in [6, 6.07) is 11.7. The average Bonchev–Trinajstić information content (AvgIpc) is 2.42. The van der Waals surface area contributed by atoms with Gasteiger partial charge in [-0.25, -0.2) is 4.68 Å². The van der Waals surface area contributed by atoms with Gasteiger partial charge in [0.2, 0.25) is 0 Å². The summed E-state index contributed by atoms with van der Waals surface area (Å²) in [7, 11) is 0. The van der Waals surface area contributed by atoms with E-state index in [0.717, 1.165) is 11.3 Å². The Morgan fingerprint density at radius 2 is 2.00 bits per heavy atom. The van der Waals surface area contributed by atoms with E-state index >= 15 is 0 Å². The molecule has 0 bridgehead atoms. The van der Waals surface area contributed by atoms with Gasteiger partial charge in [-0.1, -0.05) is 29.8 Å². The predicted molar refractivity (Wildman–Crippen MR) is 73.7 cm³/mol. The molecule has 2 aromatic rings. The van der Waals surface area contributed by atoms with E-state index in [1.165, 1.54) is 10.2 Å². The van der Waals surface area contributed by atoms with Crippen LogP contribution in [0.5, 0.6) is 0 Å². The van der Waals surface area contributed by atoms with Gasteiger partial charge in [0.05, 0.1) is 18.2 Å². The molecule has 0 amide bonds. The number of aromatic nitrogens is 2. The summed E-state index contributed by atoms with van der Waals surface area (Å²) in [5, 5.41) is 13.1. The highest BCUT2D eigenvalue weighted by atomic mass is 16.1. The first-order valence-corrected chi connectivity index (χ1v) is 6.20. The molecule has 0 saturated heterocycles. The second-order valence-electron chi connectivity index (χ2n) is 4.38. The Morgan fingerprint density at radius 3 is 2.58 bits per heavy atom. The Hall–Kier alpha value is -2.41. The fourth-order valence-electron chi connectivity index (χ4n) is 1.89. The molecule has 0 aliphatic carbocycles. The maximum absolute atomic E-state index is 12.0. The van der Waals surface area contributed by atoms with Gasteiger partial charge in [0.15, 0.2) is 0 Å². The fraction of sp³-hybridized carbons (Fsp3) is 0.267. The first-order chi connectivity index (χ1) is 9.15. The molecule has 0 saturated carbocycles. The summed E-state index contributed by atoms with van der Waals surface area (Å²) in [4.78, 5) is 12.0. The lowest BCUT2D eigenvalue weighted by Gasteiger charge is -2.08. The molecule has 0 unspecified atom stereocenters. The number of hydrogen-bond donors (Lipinski definition) is 0. The van der Waals surface area contributed by atoms with E-state index in [0.29, 0.717) is 12.1 Å². The van der Waals surface area contributed by atoms with Crippen molar-refractivity contribution in [2.45, 2.75) is 26.8 Å². The van der Waals surface area contributed by atoms with E-state index in [9.17, 15) is 4.79 Å². The third kappa shape index (κ3) is 2.71. The van der Waals surface area contributed by atoms with Crippen molar-refractivity contribution < 1.29 is 0 Å². The molecule has 2 rings (SSSR count). The zero-order valence-corrected chi connectivity index (χ0v) is 11.1. The highest BCUT2D eigenvalue weighted by Gasteiger charge is 2.08. The normalized spacial score (nSPS) is 10.2. The van der Waals surface area contributed by atoms with Crippen LogP contribution in [-0.4, -0.2) is 9.78 Å². The van der Waals surface area contributed by atoms with Crippen LogP contribution in [0, 0.1) is 18.3 Å². The van der Waals surface area contributed by atoms with Crippen LogP contribution < -0.4 is 5.56 Å². The summed E-state index contributed by atoms with van der Waals surface area (Å²) < 4.78 is 1.40. The SMILES string of the molecule is CCn1nc(-c2ccc(C)cc2)cc(CC#N)c1=O. The van der Waals surface area contributed by atoms with Gasteiger partial charge in [-0.2, -0.15) is 10.4 Å². The molecule has 0 radical (unpaired) electrons. The Balaban J connectivity index is 2.58. The van der Waals surface area contributed by atoms with E-state index in [2.05, 4.69) is 5.10 Å². The lowest BCUT2D eigenvalue weighted by molar-refractivity contribution is 0.613. The molecule has 4 heteroatoms. The molecule has 0 N–H and O–H groups in total. The average molecular weight is 253 g/mol. The minimum atomic E-state index is -0.181. The van der Waals surface area contributed by atoms with Gasteiger partial charge in [0.25, 0.3) is 5.56 Å². The highest BCUT2D eigenvalue weighted by molar-refractivity contribution is 5.59. The van der Waals surface area contributed by atoms with E-state index < -0.39 is 0 Å². The molecule has 1 aromatic heterocycles. The van der Waals surface area contributed by atoms with Crippen LogP contribution in [-0.2, 0) is 13.0 Å². The van der Waals surface area contributed by atoms with Crippen molar-refractivity contribution in [1.29, 1.82) is 5.26 Å². The summed E-state index contributed by atoms with van der Waals surface area (Å²) in [5.74, 6) is 0. The summed E-state index contributed by atoms with van der Waals surface area (Å²) in [6.07, 6.45) is 0.111. The van der Waals surface area contributed by atoms with Crippen molar-refractivity contribution in [2.75, 3.05) is 0 Å². The van der Waals surface area contributed by atoms with E-state index in [1.54, 1.807) is 6.07 Å². The number of nitrogens with zero attached hydrogens (tertiary/aromatic N) is 3. The van der Waals surface area contributed by atoms with Crippen LogP contribution in [0.1, 0.15) is 18.1 Å². The van der Waals surface area contributed by atoms with Gasteiger partial charge in [0.1, 0.15) is 0 Å². The Bertz CT molecular complexity index is 678. The van der Waals surface area contributed by atoms with Gasteiger partial charge in [-0.05, 0) is 19.9 Å². The zero-order chi connectivity index (χ0) is 13.8. The smallest absolute Gasteiger partial charge is 0.267 e. The molecule has 96 valence electrons. The van der Waals surface area contributed by atoms with Crippen LogP contribution in [0.15, 0.2) is 35.1 Å². The Morgan fingerprint density at radius 1 is 1.32 bits per heavy atom. The monoisotopic (exact) mass is 253 g/mol. The van der Waals surface area contributed by atoms with Gasteiger partial charge < -0.3 is 0 Å². The maximum Gasteiger partial charge on any atom is 0.271 e. The predicted octanol–water partition coefficient (Wildman–Crippen LogP) is 2.30. The minimum Gasteiger partial charge on any atom is -0.267 e. The van der Waals surface area contributed by atoms with E-state index in [-0.39, 0.29) is 12.0 Å². The number of rotatable bonds is 3. The van der Waals surface area contributed by atoms with Gasteiger partial charge >= 0.3 is 0 Å². The fourth-order valence-corrected chi connectivity index (χ4v) is 1.89. The van der Waals surface area contributed by atoms with Crippen molar-refractivity contribution in [3.8, 4) is 17.3 Å². The molecule has 0 atom stereocenters. The molecule has 0 spiro atoms. The third-order valence-corrected chi connectivity index (χ3v) is 2.96. The van der Waals surface area contributed by atoms with Crippen LogP contribution in [0.3, 0.4) is 0 Å². The topological polar surface area (TPSA) is 58.7 Å². The second-order valence-corrected chi connectivity index (χ2v) is 4.38. The molecule has 4 nitrogen and oxygen atoms in total. The first kappa shape index (κ1) is 13.0. The molecule has 1 heterocycles. The van der Waals surface area contributed by atoms with Crippen LogP contribution >= 0.6 is 0 Å². The van der Waals surface area contributed by atoms with Gasteiger partial charge in [-0.15, -0.1) is 0 Å². The lowest BCUT2D eigenvalue weighted by atomic mass is 10.1. The largest absolute Gasteiger partial charge is 0.271 e. The first-order valence-electron chi connectivity index (χ1n) is 6.20. The Labute approximate surface area is 111 Å². The number of aryl methyl sites for hydroxylation is 2. The van der Waals surface area contributed by atoms with Crippen LogP contribution in [0.25, 0.3) is 11.3 Å². The zero-order valence-electron chi connectivity index (χ0n) is 11.1. The maximum atomic E-state index is 12.0. The lowest BCUT2D eigenvalue weighted by Crippen LogP contribution is -2.25. The van der Waals surface area contributed by atoms with Crippen molar-refractivity contribution in [3.63, 3.8) is 0 Å². The van der Waals surface area contributed by atoms with Gasteiger partial charge in [0, 0.05) is 17.7 Å². The van der Waals surface area contributed by atoms with Gasteiger partial charge in [-0.3, -0.25) is 4.79 Å². The molecule has 0 aliphatic rings. The molecular weight excluding hydrogens is 238 g/mol. The highest BCUT2D eigenvalue weighted by Crippen LogP contribution is 2.17. The minimum absolute atomic E-state index is 0.111. The summed E-state index contributed by atoms with van der Waals surface area (Å²) in [6.45, 7) is 4.38. The molecule has 0 fully saturated rings.